The zero-order valence-corrected chi connectivity index (χ0v) is 26.1. The average Bonchev–Trinajstić information content (AvgIpc) is 3.68. The summed E-state index contributed by atoms with van der Waals surface area (Å²) in [5.74, 6) is -0.668. The van der Waals surface area contributed by atoms with Crippen molar-refractivity contribution in [3.63, 3.8) is 0 Å². The fourth-order valence-electron chi connectivity index (χ4n) is 7.91. The molecule has 0 N–H and O–H groups in total. The van der Waals surface area contributed by atoms with E-state index in [0.29, 0.717) is 56.8 Å². The molecular weight excluding hydrogens is 568 g/mol. The molecule has 242 valence electrons. The molecule has 1 amide bonds. The first-order valence-corrected chi connectivity index (χ1v) is 16.6. The van der Waals surface area contributed by atoms with Crippen molar-refractivity contribution in [1.82, 2.24) is 4.90 Å². The van der Waals surface area contributed by atoms with Gasteiger partial charge in [-0.15, -0.1) is 0 Å². The van der Waals surface area contributed by atoms with Crippen LogP contribution in [0.3, 0.4) is 0 Å². The van der Waals surface area contributed by atoms with Crippen molar-refractivity contribution in [3.05, 3.63) is 35.6 Å². The summed E-state index contributed by atoms with van der Waals surface area (Å²) in [5.41, 5.74) is 1.35. The summed E-state index contributed by atoms with van der Waals surface area (Å²) in [6.07, 6.45) is 7.51. The molecular formula is C35H47F2NO6. The zero-order chi connectivity index (χ0) is 31.2. The number of fused-ring (bicyclic) bond motifs is 1. The number of esters is 1. The third-order valence-electron chi connectivity index (χ3n) is 10.5. The molecule has 0 bridgehead atoms. The number of ether oxygens (including phenoxy) is 2. The van der Waals surface area contributed by atoms with Crippen LogP contribution in [0.5, 0.6) is 0 Å². The molecule has 0 unspecified atom stereocenters. The first kappa shape index (κ1) is 32.6. The summed E-state index contributed by atoms with van der Waals surface area (Å²) in [4.78, 5) is 42.3. The maximum atomic E-state index is 14.1. The quantitative estimate of drug-likeness (QED) is 0.185. The van der Waals surface area contributed by atoms with Gasteiger partial charge in [0.2, 0.25) is 18.1 Å². The van der Waals surface area contributed by atoms with E-state index in [2.05, 4.69) is 0 Å². The number of ketones is 1. The van der Waals surface area contributed by atoms with Gasteiger partial charge in [0.1, 0.15) is 5.58 Å². The Hall–Kier alpha value is -2.81. The molecule has 3 aliphatic rings. The number of hydrogen-bond acceptors (Lipinski definition) is 6. The molecule has 0 radical (unpaired) electrons. The number of benzene rings is 1. The van der Waals surface area contributed by atoms with Crippen LogP contribution in [0.2, 0.25) is 0 Å². The molecule has 1 aromatic carbocycles. The third kappa shape index (κ3) is 7.52. The van der Waals surface area contributed by atoms with E-state index >= 15 is 0 Å². The van der Waals surface area contributed by atoms with Gasteiger partial charge in [-0.2, -0.15) is 0 Å². The second-order valence-electron chi connectivity index (χ2n) is 13.2. The highest BCUT2D eigenvalue weighted by Gasteiger charge is 2.46. The van der Waals surface area contributed by atoms with Gasteiger partial charge in [-0.3, -0.25) is 9.59 Å². The predicted octanol–water partition coefficient (Wildman–Crippen LogP) is 7.24. The Kier molecular flexibility index (Phi) is 11.1. The van der Waals surface area contributed by atoms with Gasteiger partial charge in [0.05, 0.1) is 12.6 Å². The van der Waals surface area contributed by atoms with Crippen molar-refractivity contribution in [2.24, 2.45) is 29.6 Å². The van der Waals surface area contributed by atoms with Crippen LogP contribution in [0.25, 0.3) is 11.0 Å². The second kappa shape index (κ2) is 15.0. The van der Waals surface area contributed by atoms with Gasteiger partial charge in [0.25, 0.3) is 0 Å². The molecule has 7 nitrogen and oxygen atoms in total. The normalized spacial score (nSPS) is 25.4. The summed E-state index contributed by atoms with van der Waals surface area (Å²) >= 11 is 0. The van der Waals surface area contributed by atoms with Crippen LogP contribution < -0.4 is 0 Å². The van der Waals surface area contributed by atoms with Crippen LogP contribution in [0.1, 0.15) is 93.7 Å². The van der Waals surface area contributed by atoms with Gasteiger partial charge in [-0.25, -0.2) is 13.6 Å². The number of carbonyl (C=O) groups is 3. The molecule has 2 aromatic rings. The van der Waals surface area contributed by atoms with Crippen LogP contribution in [-0.2, 0) is 25.5 Å². The monoisotopic (exact) mass is 615 g/mol. The van der Waals surface area contributed by atoms with Crippen LogP contribution in [-0.4, -0.2) is 61.9 Å². The predicted molar refractivity (Wildman–Crippen MR) is 162 cm³/mol. The fraction of sp³-hybridized carbons (Fsp3) is 0.686. The van der Waals surface area contributed by atoms with Crippen LogP contribution in [0, 0.1) is 29.6 Å². The van der Waals surface area contributed by atoms with Gasteiger partial charge in [-0.1, -0.05) is 45.1 Å². The van der Waals surface area contributed by atoms with E-state index in [0.717, 1.165) is 43.1 Å². The lowest BCUT2D eigenvalue weighted by Gasteiger charge is -2.37. The smallest absolute Gasteiger partial charge is 0.374 e. The van der Waals surface area contributed by atoms with E-state index in [-0.39, 0.29) is 48.2 Å². The number of carbonyl (C=O) groups excluding carboxylic acids is 3. The van der Waals surface area contributed by atoms with E-state index in [9.17, 15) is 23.2 Å². The topological polar surface area (TPSA) is 86.0 Å². The number of furan rings is 1. The third-order valence-corrected chi connectivity index (χ3v) is 10.5. The summed E-state index contributed by atoms with van der Waals surface area (Å²) in [6.45, 7) is 2.93. The van der Waals surface area contributed by atoms with E-state index in [1.807, 2.05) is 17.0 Å². The summed E-state index contributed by atoms with van der Waals surface area (Å²) in [6, 6.07) is 6.68. The van der Waals surface area contributed by atoms with Crippen LogP contribution in [0.15, 0.2) is 28.7 Å². The van der Waals surface area contributed by atoms with Crippen molar-refractivity contribution in [3.8, 4) is 0 Å². The van der Waals surface area contributed by atoms with E-state index < -0.39 is 24.4 Å². The highest BCUT2D eigenvalue weighted by Crippen LogP contribution is 2.42. The molecule has 9 heteroatoms. The number of nitrogens with zero attached hydrogens (tertiary/aromatic N) is 1. The van der Waals surface area contributed by atoms with Gasteiger partial charge >= 0.3 is 5.97 Å². The Labute approximate surface area is 259 Å². The minimum atomic E-state index is -2.34. The minimum absolute atomic E-state index is 0.0312. The van der Waals surface area contributed by atoms with Crippen molar-refractivity contribution in [2.75, 3.05) is 26.9 Å². The molecule has 2 heterocycles. The highest BCUT2D eigenvalue weighted by atomic mass is 19.3. The SMILES string of the molecule is COCCCOC(=O)c1cc2cc(CC(=O)[C@@H]3[C@H](C4CCCCC4)CCN3C(=O)C3CCC([C@H](C)C(F)F)CC3)ccc2o1. The average molecular weight is 616 g/mol. The maximum absolute atomic E-state index is 14.1. The number of alkyl halides is 2. The van der Waals surface area contributed by atoms with Crippen molar-refractivity contribution in [2.45, 2.75) is 96.4 Å². The van der Waals surface area contributed by atoms with Crippen LogP contribution >= 0.6 is 0 Å². The molecule has 44 heavy (non-hydrogen) atoms. The molecule has 2 saturated carbocycles. The van der Waals surface area contributed by atoms with Gasteiger partial charge in [0.15, 0.2) is 5.78 Å². The number of rotatable bonds is 12. The molecule has 1 aliphatic heterocycles. The fourth-order valence-corrected chi connectivity index (χ4v) is 7.91. The Balaban J connectivity index is 1.29. The Bertz CT molecular complexity index is 1280. The summed E-state index contributed by atoms with van der Waals surface area (Å²) in [5, 5.41) is 0.720. The van der Waals surface area contributed by atoms with Crippen molar-refractivity contribution < 1.29 is 37.1 Å². The van der Waals surface area contributed by atoms with E-state index in [1.165, 1.54) is 6.42 Å². The van der Waals surface area contributed by atoms with Gasteiger partial charge < -0.3 is 18.8 Å². The molecule has 0 spiro atoms. The standard InChI is InChI=1S/C35H47F2NO6/c1-22(33(36)37)24-10-12-26(13-11-24)34(40)38-16-15-28(25-7-4-3-5-8-25)32(38)29(39)20-23-9-14-30-27(19-23)21-31(44-30)35(41)43-18-6-17-42-2/h9,14,19,21-22,24-26,28,32-33H,3-8,10-13,15-18,20H2,1-2H3/t22-,24?,26?,28-,32-/m0/s1. The van der Waals surface area contributed by atoms with Crippen molar-refractivity contribution >= 4 is 28.6 Å². The summed E-state index contributed by atoms with van der Waals surface area (Å²) in [7, 11) is 1.59. The first-order chi connectivity index (χ1) is 21.3. The lowest BCUT2D eigenvalue weighted by atomic mass is 9.74. The largest absolute Gasteiger partial charge is 0.460 e. The number of likely N-dealkylation sites (tertiary alicyclic amines) is 1. The van der Waals surface area contributed by atoms with E-state index in [1.54, 1.807) is 26.2 Å². The zero-order valence-electron chi connectivity index (χ0n) is 26.1. The lowest BCUT2D eigenvalue weighted by molar-refractivity contribution is -0.143. The summed E-state index contributed by atoms with van der Waals surface area (Å²) < 4.78 is 42.6. The number of methoxy groups -OCH3 is 1. The van der Waals surface area contributed by atoms with Crippen LogP contribution in [0.4, 0.5) is 8.78 Å². The number of Topliss-reactive ketones (excluding diaryl/α,β-unsaturated/α-hetero) is 1. The molecule has 1 aromatic heterocycles. The maximum Gasteiger partial charge on any atom is 0.374 e. The van der Waals surface area contributed by atoms with E-state index in [4.69, 9.17) is 13.9 Å². The molecule has 3 fully saturated rings. The highest BCUT2D eigenvalue weighted by molar-refractivity contribution is 5.94. The minimum Gasteiger partial charge on any atom is -0.460 e. The molecule has 5 rings (SSSR count). The van der Waals surface area contributed by atoms with Crippen molar-refractivity contribution in [1.29, 1.82) is 0 Å². The number of amides is 1. The first-order valence-electron chi connectivity index (χ1n) is 16.6. The van der Waals surface area contributed by atoms with Gasteiger partial charge in [0, 0.05) is 50.3 Å². The number of hydrogen-bond donors (Lipinski definition) is 0. The number of halogens is 2. The Morgan fingerprint density at radius 2 is 1.73 bits per heavy atom. The second-order valence-corrected chi connectivity index (χ2v) is 13.2. The lowest BCUT2D eigenvalue weighted by Crippen LogP contribution is -2.48. The molecule has 1 saturated heterocycles. The van der Waals surface area contributed by atoms with Gasteiger partial charge in [-0.05, 0) is 73.6 Å². The molecule has 3 atom stereocenters. The Morgan fingerprint density at radius 1 is 0.977 bits per heavy atom. The Morgan fingerprint density at radius 3 is 2.43 bits per heavy atom. The molecule has 2 aliphatic carbocycles.